The highest BCUT2D eigenvalue weighted by molar-refractivity contribution is 5.95. The Balaban J connectivity index is 3.22. The Morgan fingerprint density at radius 2 is 1.78 bits per heavy atom. The maximum atomic E-state index is 11.4. The Hall–Kier alpha value is -2.31. The van der Waals surface area contributed by atoms with Gasteiger partial charge >= 0.3 is 17.6 Å². The van der Waals surface area contributed by atoms with Gasteiger partial charge in [-0.2, -0.15) is 0 Å². The fraction of sp³-hybridized carbons (Fsp3) is 0.364. The first-order valence-corrected chi connectivity index (χ1v) is 5.22. The average molecular weight is 256 g/mol. The molecule has 0 amide bonds. The summed E-state index contributed by atoms with van der Waals surface area (Å²) in [7, 11) is 0. The Morgan fingerprint density at radius 3 is 2.33 bits per heavy atom. The molecule has 0 radical (unpaired) electrons. The van der Waals surface area contributed by atoms with Crippen molar-refractivity contribution in [3.05, 3.63) is 27.8 Å². The molecule has 1 aromatic rings. The van der Waals surface area contributed by atoms with Crippen LogP contribution in [-0.4, -0.2) is 30.3 Å². The van der Waals surface area contributed by atoms with Gasteiger partial charge in [0.2, 0.25) is 11.5 Å². The van der Waals surface area contributed by atoms with Gasteiger partial charge in [-0.25, -0.2) is 14.4 Å². The molecule has 0 aromatic carbocycles. The fourth-order valence-electron chi connectivity index (χ4n) is 1.15. The Kier molecular flexibility index (Phi) is 4.47. The van der Waals surface area contributed by atoms with Crippen molar-refractivity contribution in [3.8, 4) is 5.75 Å². The van der Waals surface area contributed by atoms with E-state index in [1.54, 1.807) is 13.8 Å². The van der Waals surface area contributed by atoms with Crippen molar-refractivity contribution in [2.45, 2.75) is 13.8 Å². The van der Waals surface area contributed by atoms with Gasteiger partial charge in [-0.15, -0.1) is 0 Å². The van der Waals surface area contributed by atoms with E-state index in [0.717, 1.165) is 6.07 Å². The molecule has 0 fully saturated rings. The summed E-state index contributed by atoms with van der Waals surface area (Å²) >= 11 is 0. The fourth-order valence-corrected chi connectivity index (χ4v) is 1.15. The van der Waals surface area contributed by atoms with E-state index in [1.165, 1.54) is 0 Å². The molecule has 0 atom stereocenters. The highest BCUT2D eigenvalue weighted by Crippen LogP contribution is 2.15. The molecule has 0 saturated heterocycles. The summed E-state index contributed by atoms with van der Waals surface area (Å²) in [5.41, 5.74) is -1.64. The smallest absolute Gasteiger partial charge is 0.379 e. The SMILES string of the molecule is CCOC(=O)c1cc(C(=O)OCC)c(O)c(=O)o1. The second-order valence-electron chi connectivity index (χ2n) is 3.10. The molecule has 0 aliphatic rings. The second kappa shape index (κ2) is 5.85. The van der Waals surface area contributed by atoms with Crippen LogP contribution in [-0.2, 0) is 9.47 Å². The van der Waals surface area contributed by atoms with Gasteiger partial charge in [-0.1, -0.05) is 0 Å². The zero-order valence-electron chi connectivity index (χ0n) is 9.89. The first-order chi connectivity index (χ1) is 8.51. The molecule has 0 bridgehead atoms. The van der Waals surface area contributed by atoms with Crippen molar-refractivity contribution in [2.75, 3.05) is 13.2 Å². The lowest BCUT2D eigenvalue weighted by Gasteiger charge is -2.05. The summed E-state index contributed by atoms with van der Waals surface area (Å²) in [6.45, 7) is 3.28. The minimum absolute atomic E-state index is 0.0627. The molecule has 1 aromatic heterocycles. The van der Waals surface area contributed by atoms with E-state index >= 15 is 0 Å². The number of aromatic hydroxyl groups is 1. The van der Waals surface area contributed by atoms with Crippen LogP contribution in [0.1, 0.15) is 34.8 Å². The van der Waals surface area contributed by atoms with Gasteiger partial charge in [0.1, 0.15) is 5.56 Å². The van der Waals surface area contributed by atoms with E-state index in [-0.39, 0.29) is 13.2 Å². The van der Waals surface area contributed by atoms with Crippen LogP contribution in [0.5, 0.6) is 5.75 Å². The van der Waals surface area contributed by atoms with Crippen LogP contribution in [0.2, 0.25) is 0 Å². The van der Waals surface area contributed by atoms with Crippen molar-refractivity contribution < 1.29 is 28.6 Å². The number of hydrogen-bond acceptors (Lipinski definition) is 7. The number of rotatable bonds is 4. The highest BCUT2D eigenvalue weighted by atomic mass is 16.5. The third kappa shape index (κ3) is 2.88. The first kappa shape index (κ1) is 13.8. The molecule has 7 nitrogen and oxygen atoms in total. The molecule has 18 heavy (non-hydrogen) atoms. The molecule has 0 aliphatic heterocycles. The van der Waals surface area contributed by atoms with E-state index in [0.29, 0.717) is 0 Å². The predicted octanol–water partition coefficient (Wildman–Crippen LogP) is 0.699. The maximum absolute atomic E-state index is 11.4. The van der Waals surface area contributed by atoms with Crippen molar-refractivity contribution in [3.63, 3.8) is 0 Å². The van der Waals surface area contributed by atoms with Crippen LogP contribution in [0.25, 0.3) is 0 Å². The van der Waals surface area contributed by atoms with Gasteiger partial charge in [-0.3, -0.25) is 0 Å². The number of esters is 2. The largest absolute Gasteiger partial charge is 0.501 e. The monoisotopic (exact) mass is 256 g/mol. The molecule has 0 unspecified atom stereocenters. The summed E-state index contributed by atoms with van der Waals surface area (Å²) in [6.07, 6.45) is 0. The van der Waals surface area contributed by atoms with Gasteiger partial charge in [0.15, 0.2) is 0 Å². The van der Waals surface area contributed by atoms with Crippen molar-refractivity contribution in [2.24, 2.45) is 0 Å². The lowest BCUT2D eigenvalue weighted by Crippen LogP contribution is -2.15. The minimum atomic E-state index is -1.20. The first-order valence-electron chi connectivity index (χ1n) is 5.22. The van der Waals surface area contributed by atoms with Crippen LogP contribution in [0.3, 0.4) is 0 Å². The molecule has 1 heterocycles. The van der Waals surface area contributed by atoms with E-state index in [2.05, 4.69) is 13.9 Å². The normalized spacial score (nSPS) is 9.89. The molecule has 1 N–H and O–H groups in total. The summed E-state index contributed by atoms with van der Waals surface area (Å²) in [6, 6.07) is 0.909. The Bertz CT molecular complexity index is 515. The van der Waals surface area contributed by atoms with Gasteiger partial charge in [-0.05, 0) is 13.8 Å². The number of ether oxygens (including phenoxy) is 2. The number of hydrogen-bond donors (Lipinski definition) is 1. The van der Waals surface area contributed by atoms with Crippen LogP contribution in [0.4, 0.5) is 0 Å². The minimum Gasteiger partial charge on any atom is -0.501 e. The molecule has 0 spiro atoms. The average Bonchev–Trinajstić information content (AvgIpc) is 2.32. The van der Waals surface area contributed by atoms with Crippen LogP contribution >= 0.6 is 0 Å². The lowest BCUT2D eigenvalue weighted by atomic mass is 10.2. The maximum Gasteiger partial charge on any atom is 0.379 e. The third-order valence-electron chi connectivity index (χ3n) is 1.90. The highest BCUT2D eigenvalue weighted by Gasteiger charge is 2.22. The summed E-state index contributed by atoms with van der Waals surface area (Å²) in [5, 5.41) is 9.37. The lowest BCUT2D eigenvalue weighted by molar-refractivity contribution is 0.0481. The van der Waals surface area contributed by atoms with Gasteiger partial charge < -0.3 is 19.0 Å². The molecule has 0 aliphatic carbocycles. The Labute approximate surface area is 102 Å². The third-order valence-corrected chi connectivity index (χ3v) is 1.90. The molecule has 98 valence electrons. The van der Waals surface area contributed by atoms with Crippen molar-refractivity contribution in [1.29, 1.82) is 0 Å². The van der Waals surface area contributed by atoms with E-state index < -0.39 is 34.6 Å². The van der Waals surface area contributed by atoms with Gasteiger partial charge in [0, 0.05) is 6.07 Å². The molecular weight excluding hydrogens is 244 g/mol. The van der Waals surface area contributed by atoms with Gasteiger partial charge in [0.25, 0.3) is 0 Å². The second-order valence-corrected chi connectivity index (χ2v) is 3.10. The summed E-state index contributed by atoms with van der Waals surface area (Å²) < 4.78 is 13.7. The molecular formula is C11H12O7. The zero-order valence-corrected chi connectivity index (χ0v) is 9.89. The van der Waals surface area contributed by atoms with Crippen LogP contribution < -0.4 is 5.63 Å². The standard InChI is InChI=1S/C11H12O7/c1-3-16-9(13)6-5-7(10(14)17-4-2)18-11(15)8(6)12/h5,12H,3-4H2,1-2H3. The quantitative estimate of drug-likeness (QED) is 0.790. The molecule has 7 heteroatoms. The zero-order chi connectivity index (χ0) is 13.7. The Morgan fingerprint density at radius 1 is 1.22 bits per heavy atom. The van der Waals surface area contributed by atoms with E-state index in [1.807, 2.05) is 0 Å². The van der Waals surface area contributed by atoms with Crippen LogP contribution in [0.15, 0.2) is 15.3 Å². The van der Waals surface area contributed by atoms with Crippen molar-refractivity contribution >= 4 is 11.9 Å². The van der Waals surface area contributed by atoms with E-state index in [4.69, 9.17) is 0 Å². The molecule has 1 rings (SSSR count). The van der Waals surface area contributed by atoms with E-state index in [9.17, 15) is 19.5 Å². The summed E-state index contributed by atoms with van der Waals surface area (Å²) in [5.74, 6) is -3.20. The molecule has 0 saturated carbocycles. The van der Waals surface area contributed by atoms with Crippen molar-refractivity contribution in [1.82, 2.24) is 0 Å². The number of carbonyl (C=O) groups excluding carboxylic acids is 2. The summed E-state index contributed by atoms with van der Waals surface area (Å²) in [4.78, 5) is 34.0. The predicted molar refractivity (Wildman–Crippen MR) is 58.6 cm³/mol. The van der Waals surface area contributed by atoms with Gasteiger partial charge in [0.05, 0.1) is 13.2 Å². The van der Waals surface area contributed by atoms with Crippen LogP contribution in [0, 0.1) is 0 Å². The number of carbonyl (C=O) groups is 2. The topological polar surface area (TPSA) is 103 Å².